The van der Waals surface area contributed by atoms with Gasteiger partial charge >= 0.3 is 0 Å². The molecule has 180 valence electrons. The molecule has 2 aromatic heterocycles. The summed E-state index contributed by atoms with van der Waals surface area (Å²) in [6, 6.07) is 11.5. The molecule has 0 saturated heterocycles. The highest BCUT2D eigenvalue weighted by atomic mass is 16.2. The standard InChI is InChI=1S/C28H31N5O2/c1-2-16-31-19-15-29-25(31)20-32(24-13-7-9-21-10-8-14-30-26(21)24)17-5-6-18-33-27(34)22-11-3-4-12-23(22)28(33)35/h2-4,8,10-12,14-15,19,24H,1,5-7,9,13,16-18,20H2/t24-/m0/s1. The third-order valence-electron chi connectivity index (χ3n) is 7.03. The van der Waals surface area contributed by atoms with Crippen molar-refractivity contribution in [2.75, 3.05) is 13.1 Å². The van der Waals surface area contributed by atoms with Crippen molar-refractivity contribution in [3.8, 4) is 0 Å². The number of imidazole rings is 1. The molecule has 1 aromatic carbocycles. The summed E-state index contributed by atoms with van der Waals surface area (Å²) >= 11 is 0. The molecule has 5 rings (SSSR count). The number of aromatic nitrogens is 3. The van der Waals surface area contributed by atoms with Crippen LogP contribution in [-0.2, 0) is 19.5 Å². The largest absolute Gasteiger partial charge is 0.330 e. The normalized spacial score (nSPS) is 17.1. The molecule has 0 N–H and O–H groups in total. The number of imide groups is 1. The van der Waals surface area contributed by atoms with Crippen LogP contribution in [0.5, 0.6) is 0 Å². The van der Waals surface area contributed by atoms with E-state index in [1.807, 2.05) is 30.7 Å². The number of rotatable bonds is 10. The van der Waals surface area contributed by atoms with E-state index in [4.69, 9.17) is 4.98 Å². The van der Waals surface area contributed by atoms with Crippen molar-refractivity contribution >= 4 is 11.8 Å². The van der Waals surface area contributed by atoms with Gasteiger partial charge in [-0.25, -0.2) is 4.98 Å². The van der Waals surface area contributed by atoms with E-state index in [1.54, 1.807) is 24.3 Å². The molecule has 35 heavy (non-hydrogen) atoms. The third-order valence-corrected chi connectivity index (χ3v) is 7.03. The Balaban J connectivity index is 1.28. The van der Waals surface area contributed by atoms with Gasteiger partial charge in [-0.3, -0.25) is 24.4 Å². The van der Waals surface area contributed by atoms with Gasteiger partial charge in [0.05, 0.1) is 29.4 Å². The highest BCUT2D eigenvalue weighted by Gasteiger charge is 2.34. The lowest BCUT2D eigenvalue weighted by molar-refractivity contribution is 0.0648. The zero-order valence-electron chi connectivity index (χ0n) is 20.0. The first-order valence-electron chi connectivity index (χ1n) is 12.4. The van der Waals surface area contributed by atoms with Gasteiger partial charge in [-0.2, -0.15) is 0 Å². The molecule has 7 heteroatoms. The van der Waals surface area contributed by atoms with Crippen molar-refractivity contribution in [1.82, 2.24) is 24.3 Å². The van der Waals surface area contributed by atoms with Crippen LogP contribution in [0.4, 0.5) is 0 Å². The predicted molar refractivity (Wildman–Crippen MR) is 134 cm³/mol. The number of fused-ring (bicyclic) bond motifs is 2. The summed E-state index contributed by atoms with van der Waals surface area (Å²) in [6.45, 7) is 6.58. The molecule has 3 heterocycles. The average Bonchev–Trinajstić information content (AvgIpc) is 3.43. The summed E-state index contributed by atoms with van der Waals surface area (Å²) in [4.78, 5) is 38.6. The molecule has 0 fully saturated rings. The lowest BCUT2D eigenvalue weighted by Gasteiger charge is -2.35. The van der Waals surface area contributed by atoms with Gasteiger partial charge in [0.1, 0.15) is 5.82 Å². The molecule has 1 aliphatic carbocycles. The van der Waals surface area contributed by atoms with E-state index in [0.717, 1.165) is 51.0 Å². The van der Waals surface area contributed by atoms with Crippen molar-refractivity contribution in [3.63, 3.8) is 0 Å². The lowest BCUT2D eigenvalue weighted by atomic mass is 9.90. The SMILES string of the molecule is C=CCn1ccnc1CN(CCCCN1C(=O)c2ccccc2C1=O)[C@H]1CCCc2cccnc21. The number of amides is 2. The Morgan fingerprint density at radius 1 is 1.03 bits per heavy atom. The number of carbonyl (C=O) groups excluding carboxylic acids is 2. The van der Waals surface area contributed by atoms with Crippen LogP contribution in [0, 0.1) is 0 Å². The van der Waals surface area contributed by atoms with Crippen LogP contribution in [0.25, 0.3) is 0 Å². The van der Waals surface area contributed by atoms with Crippen LogP contribution in [0.2, 0.25) is 0 Å². The molecule has 0 bridgehead atoms. The number of carbonyl (C=O) groups is 2. The van der Waals surface area contributed by atoms with Crippen molar-refractivity contribution in [3.05, 3.63) is 95.9 Å². The van der Waals surface area contributed by atoms with Crippen LogP contribution in [0.1, 0.15) is 69.5 Å². The molecular weight excluding hydrogens is 438 g/mol. The Bertz CT molecular complexity index is 1200. The molecular formula is C28H31N5O2. The zero-order chi connectivity index (χ0) is 24.2. The van der Waals surface area contributed by atoms with E-state index < -0.39 is 0 Å². The molecule has 0 saturated carbocycles. The number of pyridine rings is 1. The summed E-state index contributed by atoms with van der Waals surface area (Å²) in [5.41, 5.74) is 3.52. The number of aryl methyl sites for hydroxylation is 1. The van der Waals surface area contributed by atoms with E-state index in [2.05, 4.69) is 27.1 Å². The number of unbranched alkanes of at least 4 members (excludes halogenated alkanes) is 1. The maximum absolute atomic E-state index is 12.7. The summed E-state index contributed by atoms with van der Waals surface area (Å²) < 4.78 is 2.13. The van der Waals surface area contributed by atoms with Gasteiger partial charge in [0, 0.05) is 31.7 Å². The van der Waals surface area contributed by atoms with Gasteiger partial charge in [0.15, 0.2) is 0 Å². The number of hydrogen-bond acceptors (Lipinski definition) is 5. The van der Waals surface area contributed by atoms with Gasteiger partial charge in [0.25, 0.3) is 11.8 Å². The number of allylic oxidation sites excluding steroid dienone is 1. The van der Waals surface area contributed by atoms with E-state index in [0.29, 0.717) is 24.2 Å². The first-order valence-corrected chi connectivity index (χ1v) is 12.4. The monoisotopic (exact) mass is 469 g/mol. The molecule has 2 amide bonds. The molecule has 3 aromatic rings. The lowest BCUT2D eigenvalue weighted by Crippen LogP contribution is -2.34. The second-order valence-corrected chi connectivity index (χ2v) is 9.23. The maximum Gasteiger partial charge on any atom is 0.261 e. The molecule has 0 unspecified atom stereocenters. The molecule has 0 spiro atoms. The minimum absolute atomic E-state index is 0.181. The highest BCUT2D eigenvalue weighted by Crippen LogP contribution is 2.34. The maximum atomic E-state index is 12.7. The third kappa shape index (κ3) is 4.68. The van der Waals surface area contributed by atoms with Crippen LogP contribution in [-0.4, -0.2) is 49.2 Å². The van der Waals surface area contributed by atoms with Crippen molar-refractivity contribution in [1.29, 1.82) is 0 Å². The average molecular weight is 470 g/mol. The van der Waals surface area contributed by atoms with Crippen LogP contribution < -0.4 is 0 Å². The molecule has 1 aliphatic heterocycles. The number of benzene rings is 1. The predicted octanol–water partition coefficient (Wildman–Crippen LogP) is 4.42. The Kier molecular flexibility index (Phi) is 6.86. The van der Waals surface area contributed by atoms with Gasteiger partial charge in [-0.15, -0.1) is 6.58 Å². The van der Waals surface area contributed by atoms with Gasteiger partial charge < -0.3 is 4.57 Å². The Morgan fingerprint density at radius 2 is 1.83 bits per heavy atom. The van der Waals surface area contributed by atoms with E-state index >= 15 is 0 Å². The first kappa shape index (κ1) is 23.2. The smallest absolute Gasteiger partial charge is 0.261 e. The van der Waals surface area contributed by atoms with E-state index in [-0.39, 0.29) is 17.9 Å². The highest BCUT2D eigenvalue weighted by molar-refractivity contribution is 6.21. The summed E-state index contributed by atoms with van der Waals surface area (Å²) in [6.07, 6.45) is 12.5. The Morgan fingerprint density at radius 3 is 2.60 bits per heavy atom. The fourth-order valence-corrected chi connectivity index (χ4v) is 5.29. The van der Waals surface area contributed by atoms with Gasteiger partial charge in [0.2, 0.25) is 0 Å². The second kappa shape index (κ2) is 10.4. The second-order valence-electron chi connectivity index (χ2n) is 9.23. The zero-order valence-corrected chi connectivity index (χ0v) is 20.0. The Hall–Kier alpha value is -3.58. The minimum atomic E-state index is -0.181. The molecule has 7 nitrogen and oxygen atoms in total. The van der Waals surface area contributed by atoms with Crippen LogP contribution >= 0.6 is 0 Å². The van der Waals surface area contributed by atoms with Gasteiger partial charge in [-0.05, 0) is 62.4 Å². The van der Waals surface area contributed by atoms with Gasteiger partial charge in [-0.1, -0.05) is 24.3 Å². The Labute approximate surface area is 206 Å². The number of hydrogen-bond donors (Lipinski definition) is 0. The van der Waals surface area contributed by atoms with Crippen molar-refractivity contribution in [2.45, 2.75) is 51.2 Å². The fourth-order valence-electron chi connectivity index (χ4n) is 5.29. The minimum Gasteiger partial charge on any atom is -0.330 e. The van der Waals surface area contributed by atoms with E-state index in [9.17, 15) is 9.59 Å². The van der Waals surface area contributed by atoms with Crippen molar-refractivity contribution in [2.24, 2.45) is 0 Å². The van der Waals surface area contributed by atoms with Crippen LogP contribution in [0.15, 0.2) is 67.6 Å². The summed E-state index contributed by atoms with van der Waals surface area (Å²) in [7, 11) is 0. The fraction of sp³-hybridized carbons (Fsp3) is 0.357. The molecule has 2 aliphatic rings. The van der Waals surface area contributed by atoms with Crippen LogP contribution in [0.3, 0.4) is 0 Å². The molecule has 1 atom stereocenters. The molecule has 0 radical (unpaired) electrons. The number of nitrogens with zero attached hydrogens (tertiary/aromatic N) is 5. The van der Waals surface area contributed by atoms with E-state index in [1.165, 1.54) is 16.2 Å². The topological polar surface area (TPSA) is 71.3 Å². The quantitative estimate of drug-likeness (QED) is 0.250. The van der Waals surface area contributed by atoms with Crippen molar-refractivity contribution < 1.29 is 9.59 Å². The first-order chi connectivity index (χ1) is 17.2. The summed E-state index contributed by atoms with van der Waals surface area (Å²) in [5.74, 6) is 0.645. The summed E-state index contributed by atoms with van der Waals surface area (Å²) in [5, 5.41) is 0.